The predicted octanol–water partition coefficient (Wildman–Crippen LogP) is 4.11. The van der Waals surface area contributed by atoms with Crippen molar-refractivity contribution >= 4 is 27.7 Å². The van der Waals surface area contributed by atoms with Gasteiger partial charge >= 0.3 is 0 Å². The summed E-state index contributed by atoms with van der Waals surface area (Å²) in [4.78, 5) is 25.9. The van der Waals surface area contributed by atoms with Crippen LogP contribution in [0.25, 0.3) is 0 Å². The molecule has 1 saturated heterocycles. The first-order chi connectivity index (χ1) is 13.7. The van der Waals surface area contributed by atoms with E-state index in [1.807, 2.05) is 13.8 Å². The molecule has 29 heavy (non-hydrogen) atoms. The van der Waals surface area contributed by atoms with Crippen molar-refractivity contribution in [1.82, 2.24) is 9.96 Å². The lowest BCUT2D eigenvalue weighted by atomic mass is 10.1. The Morgan fingerprint density at radius 2 is 1.90 bits per heavy atom. The number of carbonyl (C=O) groups is 2. The molecular formula is C21H17BrF2N2O3. The lowest BCUT2D eigenvalue weighted by Crippen LogP contribution is -2.35. The molecular weight excluding hydrogens is 446 g/mol. The Bertz CT molecular complexity index is 1020. The van der Waals surface area contributed by atoms with E-state index in [4.69, 9.17) is 0 Å². The predicted molar refractivity (Wildman–Crippen MR) is 105 cm³/mol. The molecule has 0 saturated carbocycles. The number of hydrogen-bond donors (Lipinski definition) is 1. The van der Waals surface area contributed by atoms with Gasteiger partial charge in [-0.25, -0.2) is 8.78 Å². The highest BCUT2D eigenvalue weighted by Gasteiger charge is 2.42. The number of nitrogens with zero attached hydrogens (tertiary/aromatic N) is 2. The molecule has 1 fully saturated rings. The largest absolute Gasteiger partial charge is 0.302 e. The molecule has 0 spiro atoms. The van der Waals surface area contributed by atoms with Gasteiger partial charge in [0.05, 0.1) is 0 Å². The zero-order valence-electron chi connectivity index (χ0n) is 15.6. The van der Waals surface area contributed by atoms with Crippen LogP contribution in [0.15, 0.2) is 40.9 Å². The van der Waals surface area contributed by atoms with Crippen molar-refractivity contribution in [3.05, 3.63) is 69.2 Å². The summed E-state index contributed by atoms with van der Waals surface area (Å²) in [5, 5.41) is 10.5. The third kappa shape index (κ3) is 4.31. The minimum Gasteiger partial charge on any atom is -0.302 e. The van der Waals surface area contributed by atoms with E-state index >= 15 is 0 Å². The Morgan fingerprint density at radius 3 is 2.48 bits per heavy atom. The van der Waals surface area contributed by atoms with Gasteiger partial charge in [-0.2, -0.15) is 5.06 Å². The van der Waals surface area contributed by atoms with Gasteiger partial charge in [0.2, 0.25) is 0 Å². The Balaban J connectivity index is 2.00. The zero-order chi connectivity index (χ0) is 21.3. The maximum absolute atomic E-state index is 14.6. The molecule has 5 nitrogen and oxygen atoms in total. The molecule has 0 bridgehead atoms. The molecule has 150 valence electrons. The van der Waals surface area contributed by atoms with Crippen molar-refractivity contribution in [2.24, 2.45) is 5.92 Å². The maximum Gasteiger partial charge on any atom is 0.267 e. The molecule has 2 aromatic carbocycles. The third-order valence-electron chi connectivity index (χ3n) is 4.26. The first-order valence-electron chi connectivity index (χ1n) is 8.77. The van der Waals surface area contributed by atoms with Crippen LogP contribution in [0.4, 0.5) is 8.78 Å². The number of hydroxylamine groups is 2. The summed E-state index contributed by atoms with van der Waals surface area (Å²) >= 11 is 3.28. The molecule has 1 unspecified atom stereocenters. The fourth-order valence-corrected chi connectivity index (χ4v) is 3.38. The Hall–Kier alpha value is -2.76. The molecule has 1 heterocycles. The molecule has 0 aromatic heterocycles. The number of carbonyl (C=O) groups excluding carboxylic acids is 2. The van der Waals surface area contributed by atoms with Gasteiger partial charge in [0.15, 0.2) is 6.17 Å². The molecule has 0 radical (unpaired) electrons. The second-order valence-electron chi connectivity index (χ2n) is 6.84. The summed E-state index contributed by atoms with van der Waals surface area (Å²) < 4.78 is 29.9. The average molecular weight is 463 g/mol. The van der Waals surface area contributed by atoms with Crippen LogP contribution in [0, 0.1) is 29.4 Å². The lowest BCUT2D eigenvalue weighted by molar-refractivity contribution is -0.168. The molecule has 3 rings (SSSR count). The summed E-state index contributed by atoms with van der Waals surface area (Å²) in [5.41, 5.74) is -0.292. The van der Waals surface area contributed by atoms with E-state index in [9.17, 15) is 23.6 Å². The first kappa shape index (κ1) is 21.0. The molecule has 2 amide bonds. The van der Waals surface area contributed by atoms with Crippen LogP contribution in [0.2, 0.25) is 0 Å². The fraction of sp³-hybridized carbons (Fsp3) is 0.238. The van der Waals surface area contributed by atoms with Gasteiger partial charge in [-0.1, -0.05) is 53.8 Å². The second kappa shape index (κ2) is 8.31. The molecule has 8 heteroatoms. The Kier molecular flexibility index (Phi) is 6.01. The summed E-state index contributed by atoms with van der Waals surface area (Å²) in [5.74, 6) is 1.49. The van der Waals surface area contributed by atoms with Crippen LogP contribution in [-0.2, 0) is 4.79 Å². The van der Waals surface area contributed by atoms with E-state index in [1.54, 1.807) is 24.3 Å². The third-order valence-corrected chi connectivity index (χ3v) is 4.75. The van der Waals surface area contributed by atoms with Crippen LogP contribution in [0.1, 0.15) is 41.5 Å². The number of amides is 2. The van der Waals surface area contributed by atoms with E-state index < -0.39 is 41.7 Å². The molecule has 1 aliphatic heterocycles. The van der Waals surface area contributed by atoms with E-state index in [0.29, 0.717) is 15.1 Å². The average Bonchev–Trinajstić information content (AvgIpc) is 2.94. The van der Waals surface area contributed by atoms with Crippen molar-refractivity contribution in [2.45, 2.75) is 20.0 Å². The highest BCUT2D eigenvalue weighted by atomic mass is 79.9. The number of benzene rings is 2. The standard InChI is InChI=1S/C21H17BrF2N2O3/c1-12(2)6-7-13-8-16(23)19(17(24)9-13)21(28)25-11-18(27)26(29)20(25)14-4-3-5-15(22)10-14/h3-5,8-10,12,20,29H,11H2,1-2H3. The van der Waals surface area contributed by atoms with E-state index in [-0.39, 0.29) is 11.5 Å². The SMILES string of the molecule is CC(C)C#Cc1cc(F)c(C(=O)N2CC(=O)N(O)C2c2cccc(Br)c2)c(F)c1. The van der Waals surface area contributed by atoms with Crippen molar-refractivity contribution < 1.29 is 23.6 Å². The zero-order valence-corrected chi connectivity index (χ0v) is 17.2. The minimum absolute atomic E-state index is 0.0135. The highest BCUT2D eigenvalue weighted by Crippen LogP contribution is 2.33. The number of rotatable bonds is 2. The van der Waals surface area contributed by atoms with Crippen LogP contribution in [0.3, 0.4) is 0 Å². The van der Waals surface area contributed by atoms with Gasteiger partial charge in [0.1, 0.15) is 23.7 Å². The number of halogens is 3. The van der Waals surface area contributed by atoms with E-state index in [0.717, 1.165) is 17.0 Å². The monoisotopic (exact) mass is 462 g/mol. The highest BCUT2D eigenvalue weighted by molar-refractivity contribution is 9.10. The van der Waals surface area contributed by atoms with E-state index in [1.165, 1.54) is 0 Å². The summed E-state index contributed by atoms with van der Waals surface area (Å²) in [6.07, 6.45) is -1.20. The van der Waals surface area contributed by atoms with Gasteiger partial charge < -0.3 is 4.90 Å². The van der Waals surface area contributed by atoms with Gasteiger partial charge in [-0.15, -0.1) is 0 Å². The first-order valence-corrected chi connectivity index (χ1v) is 9.56. The molecule has 0 aliphatic carbocycles. The topological polar surface area (TPSA) is 60.9 Å². The van der Waals surface area contributed by atoms with Gasteiger partial charge in [0.25, 0.3) is 11.8 Å². The van der Waals surface area contributed by atoms with Crippen LogP contribution in [0.5, 0.6) is 0 Å². The van der Waals surface area contributed by atoms with Crippen LogP contribution < -0.4 is 0 Å². The van der Waals surface area contributed by atoms with Crippen molar-refractivity contribution in [1.29, 1.82) is 0 Å². The second-order valence-corrected chi connectivity index (χ2v) is 7.75. The number of hydrogen-bond acceptors (Lipinski definition) is 3. The van der Waals surface area contributed by atoms with Gasteiger partial charge in [0, 0.05) is 16.0 Å². The summed E-state index contributed by atoms with van der Waals surface area (Å²) in [6.45, 7) is 3.16. The molecule has 1 aliphatic rings. The molecule has 1 N–H and O–H groups in total. The van der Waals surface area contributed by atoms with E-state index in [2.05, 4.69) is 27.8 Å². The molecule has 2 aromatic rings. The quantitative estimate of drug-likeness (QED) is 0.539. The lowest BCUT2D eigenvalue weighted by Gasteiger charge is -2.27. The summed E-state index contributed by atoms with van der Waals surface area (Å²) in [6, 6.07) is 8.54. The van der Waals surface area contributed by atoms with Crippen LogP contribution >= 0.6 is 15.9 Å². The molecule has 1 atom stereocenters. The van der Waals surface area contributed by atoms with Gasteiger partial charge in [-0.3, -0.25) is 14.8 Å². The van der Waals surface area contributed by atoms with Crippen molar-refractivity contribution in [2.75, 3.05) is 6.54 Å². The minimum atomic E-state index is -1.20. The Labute approximate surface area is 175 Å². The smallest absolute Gasteiger partial charge is 0.267 e. The van der Waals surface area contributed by atoms with Crippen LogP contribution in [-0.4, -0.2) is 33.5 Å². The fourth-order valence-electron chi connectivity index (χ4n) is 2.97. The summed E-state index contributed by atoms with van der Waals surface area (Å²) in [7, 11) is 0. The van der Waals surface area contributed by atoms with Gasteiger partial charge in [-0.05, 0) is 29.8 Å². The van der Waals surface area contributed by atoms with Crippen molar-refractivity contribution in [3.8, 4) is 11.8 Å². The Morgan fingerprint density at radius 1 is 1.24 bits per heavy atom. The maximum atomic E-state index is 14.6. The normalized spacial score (nSPS) is 16.2. The van der Waals surface area contributed by atoms with Crippen molar-refractivity contribution in [3.63, 3.8) is 0 Å².